The van der Waals surface area contributed by atoms with Crippen LogP contribution in [0, 0.1) is 0 Å². The summed E-state index contributed by atoms with van der Waals surface area (Å²) in [5.74, 6) is -0.215. The van der Waals surface area contributed by atoms with Crippen LogP contribution in [0.2, 0.25) is 6.04 Å². The highest BCUT2D eigenvalue weighted by Gasteiger charge is 1.99. The van der Waals surface area contributed by atoms with Crippen LogP contribution in [0.3, 0.4) is 0 Å². The molecule has 0 unspecified atom stereocenters. The zero-order valence-electron chi connectivity index (χ0n) is 18.2. The van der Waals surface area contributed by atoms with Crippen LogP contribution in [-0.4, -0.2) is 26.6 Å². The minimum Gasteiger partial charge on any atom is -0.463 e. The molecule has 0 spiro atoms. The lowest BCUT2D eigenvalue weighted by Gasteiger charge is -2.04. The molecule has 0 bridgehead atoms. The second kappa shape index (κ2) is 23.3. The lowest BCUT2D eigenvalue weighted by molar-refractivity contribution is -0.137. The first-order valence-corrected chi connectivity index (χ1v) is 14.4. The molecule has 0 rings (SSSR count). The molecule has 0 aromatic rings. The van der Waals surface area contributed by atoms with Crippen molar-refractivity contribution in [2.45, 2.75) is 120 Å². The molecule has 0 fully saturated rings. The van der Waals surface area contributed by atoms with Crippen molar-refractivity contribution in [3.8, 4) is 0 Å². The molecule has 0 aliphatic rings. The van der Waals surface area contributed by atoms with E-state index in [1.165, 1.54) is 108 Å². The van der Waals surface area contributed by atoms with E-state index in [1.54, 1.807) is 6.08 Å². The van der Waals surface area contributed by atoms with E-state index in [1.807, 2.05) is 6.92 Å². The number of unbranched alkanes of at least 4 members (excludes halogenated alkanes) is 15. The summed E-state index contributed by atoms with van der Waals surface area (Å²) in [6.45, 7) is 2.39. The summed E-state index contributed by atoms with van der Waals surface area (Å²) in [5, 5.41) is 0. The van der Waals surface area contributed by atoms with Gasteiger partial charge in [-0.15, -0.1) is 23.2 Å². The van der Waals surface area contributed by atoms with E-state index in [2.05, 4.69) is 0 Å². The van der Waals surface area contributed by atoms with Gasteiger partial charge < -0.3 is 4.74 Å². The minimum atomic E-state index is -0.215. The number of rotatable bonds is 21. The highest BCUT2D eigenvalue weighted by molar-refractivity contribution is 6.68. The molecule has 0 atom stereocenters. The average Bonchev–Trinajstić information content (AvgIpc) is 2.66. The number of carbonyl (C=O) groups is 1. The maximum Gasteiger partial charge on any atom is 0.330 e. The Morgan fingerprint density at radius 1 is 0.750 bits per heavy atom. The number of halogens is 2. The van der Waals surface area contributed by atoms with Gasteiger partial charge in [-0.05, 0) is 13.3 Å². The van der Waals surface area contributed by atoms with Crippen molar-refractivity contribution >= 4 is 38.7 Å². The molecule has 0 heterocycles. The summed E-state index contributed by atoms with van der Waals surface area (Å²) in [6, 6.07) is 1.31. The first-order valence-electron chi connectivity index (χ1n) is 11.7. The number of alkyl halides is 2. The molecule has 0 radical (unpaired) electrons. The predicted octanol–water partition coefficient (Wildman–Crippen LogP) is 7.70. The van der Waals surface area contributed by atoms with Crippen molar-refractivity contribution < 1.29 is 9.53 Å². The molecule has 0 amide bonds. The topological polar surface area (TPSA) is 26.3 Å². The second-order valence-corrected chi connectivity index (χ2v) is 12.3. The number of carbonyl (C=O) groups excluding carboxylic acids is 1. The SMILES string of the molecule is CC=CC(=O)OCCCCCCCCCCCCCCCCCC[SiH2]C(Cl)Cl. The van der Waals surface area contributed by atoms with E-state index in [9.17, 15) is 4.79 Å². The molecule has 0 aromatic carbocycles. The fourth-order valence-corrected chi connectivity index (χ4v) is 5.29. The Morgan fingerprint density at radius 3 is 1.54 bits per heavy atom. The van der Waals surface area contributed by atoms with Gasteiger partial charge in [-0.25, -0.2) is 4.79 Å². The van der Waals surface area contributed by atoms with Gasteiger partial charge in [-0.3, -0.25) is 0 Å². The highest BCUT2D eigenvalue weighted by Crippen LogP contribution is 2.14. The fourth-order valence-electron chi connectivity index (χ4n) is 3.41. The average molecular weight is 452 g/mol. The third kappa shape index (κ3) is 24.0. The quantitative estimate of drug-likeness (QED) is 0.0588. The minimum absolute atomic E-state index is 0.0358. The standard InChI is InChI=1S/C23H44Cl2O2Si/c1-2-19-22(26)27-20-17-15-13-11-9-7-5-3-4-6-8-10-12-14-16-18-21-28-23(24)25/h2,19,23H,3-18,20-21,28H2,1H3. The van der Waals surface area contributed by atoms with Gasteiger partial charge in [-0.1, -0.05) is 108 Å². The first-order chi connectivity index (χ1) is 13.7. The van der Waals surface area contributed by atoms with Crippen LogP contribution in [0.25, 0.3) is 0 Å². The number of hydrogen-bond acceptors (Lipinski definition) is 2. The molecule has 0 N–H and O–H groups in total. The number of allylic oxidation sites excluding steroid dienone is 1. The smallest absolute Gasteiger partial charge is 0.330 e. The molecule has 166 valence electrons. The van der Waals surface area contributed by atoms with Crippen LogP contribution in [-0.2, 0) is 9.53 Å². The van der Waals surface area contributed by atoms with Gasteiger partial charge in [0.15, 0.2) is 0 Å². The maximum absolute atomic E-state index is 11.1. The Bertz CT molecular complexity index is 363. The van der Waals surface area contributed by atoms with Crippen LogP contribution in [0.5, 0.6) is 0 Å². The van der Waals surface area contributed by atoms with Gasteiger partial charge >= 0.3 is 5.97 Å². The van der Waals surface area contributed by atoms with Crippen molar-refractivity contribution in [2.24, 2.45) is 0 Å². The van der Waals surface area contributed by atoms with Crippen LogP contribution < -0.4 is 0 Å². The number of hydrogen-bond donors (Lipinski definition) is 0. The van der Waals surface area contributed by atoms with Crippen LogP contribution in [0.4, 0.5) is 0 Å². The Morgan fingerprint density at radius 2 is 1.14 bits per heavy atom. The van der Waals surface area contributed by atoms with Gasteiger partial charge in [0.1, 0.15) is 0 Å². The fraction of sp³-hybridized carbons (Fsp3) is 0.870. The summed E-state index contributed by atoms with van der Waals surface area (Å²) in [4.78, 5) is 11.1. The predicted molar refractivity (Wildman–Crippen MR) is 128 cm³/mol. The molecule has 0 saturated heterocycles. The van der Waals surface area contributed by atoms with Crippen molar-refractivity contribution in [1.29, 1.82) is 0 Å². The first kappa shape index (κ1) is 28.0. The lowest BCUT2D eigenvalue weighted by atomic mass is 10.0. The highest BCUT2D eigenvalue weighted by atomic mass is 35.5. The zero-order valence-corrected chi connectivity index (χ0v) is 21.2. The summed E-state index contributed by atoms with van der Waals surface area (Å²) < 4.78 is 5.05. The van der Waals surface area contributed by atoms with Gasteiger partial charge in [0, 0.05) is 6.08 Å². The van der Waals surface area contributed by atoms with Crippen molar-refractivity contribution in [3.05, 3.63) is 12.2 Å². The molecule has 5 heteroatoms. The van der Waals surface area contributed by atoms with Crippen molar-refractivity contribution in [3.63, 3.8) is 0 Å². The van der Waals surface area contributed by atoms with E-state index in [0.717, 1.165) is 6.42 Å². The summed E-state index contributed by atoms with van der Waals surface area (Å²) in [6.07, 6.45) is 24.6. The largest absolute Gasteiger partial charge is 0.463 e. The van der Waals surface area contributed by atoms with Gasteiger partial charge in [0.25, 0.3) is 0 Å². The van der Waals surface area contributed by atoms with Crippen molar-refractivity contribution in [2.75, 3.05) is 6.61 Å². The molecule has 0 aliphatic heterocycles. The van der Waals surface area contributed by atoms with Gasteiger partial charge in [0.05, 0.1) is 20.6 Å². The van der Waals surface area contributed by atoms with Gasteiger partial charge in [-0.2, -0.15) is 0 Å². The van der Waals surface area contributed by atoms with Crippen molar-refractivity contribution in [1.82, 2.24) is 0 Å². The van der Waals surface area contributed by atoms with E-state index in [4.69, 9.17) is 27.9 Å². The number of esters is 1. The van der Waals surface area contributed by atoms with E-state index >= 15 is 0 Å². The lowest BCUT2D eigenvalue weighted by Crippen LogP contribution is -2.01. The van der Waals surface area contributed by atoms with Gasteiger partial charge in [0.2, 0.25) is 0 Å². The molecule has 0 aliphatic carbocycles. The third-order valence-electron chi connectivity index (χ3n) is 5.11. The maximum atomic E-state index is 11.1. The van der Waals surface area contributed by atoms with E-state index < -0.39 is 0 Å². The van der Waals surface area contributed by atoms with Crippen LogP contribution in [0.15, 0.2) is 12.2 Å². The molecular weight excluding hydrogens is 407 g/mol. The Labute approximate surface area is 187 Å². The Kier molecular flexibility index (Phi) is 23.3. The Balaban J connectivity index is 3.06. The summed E-state index contributed by atoms with van der Waals surface area (Å²) in [7, 11) is -0.213. The Hall–Kier alpha value is 0.00688. The monoisotopic (exact) mass is 450 g/mol. The normalized spacial score (nSPS) is 12.0. The number of ether oxygens (including phenoxy) is 1. The molecule has 0 saturated carbocycles. The van der Waals surface area contributed by atoms with E-state index in [-0.39, 0.29) is 19.9 Å². The summed E-state index contributed by atoms with van der Waals surface area (Å²) >= 11 is 11.6. The second-order valence-electron chi connectivity index (χ2n) is 7.86. The van der Waals surface area contributed by atoms with Crippen LogP contribution in [0.1, 0.15) is 110 Å². The summed E-state index contributed by atoms with van der Waals surface area (Å²) in [5.41, 5.74) is 0. The zero-order chi connectivity index (χ0) is 20.7. The molecular formula is C23H44Cl2O2Si. The van der Waals surface area contributed by atoms with Crippen LogP contribution >= 0.6 is 23.2 Å². The molecule has 2 nitrogen and oxygen atoms in total. The van der Waals surface area contributed by atoms with E-state index in [0.29, 0.717) is 6.61 Å². The molecule has 28 heavy (non-hydrogen) atoms. The third-order valence-corrected chi connectivity index (χ3v) is 7.77. The molecule has 0 aromatic heterocycles.